The van der Waals surface area contributed by atoms with Crippen LogP contribution in [0.2, 0.25) is 0 Å². The molecule has 0 radical (unpaired) electrons. The van der Waals surface area contributed by atoms with Crippen molar-refractivity contribution in [1.82, 2.24) is 9.97 Å². The van der Waals surface area contributed by atoms with Gasteiger partial charge in [-0.1, -0.05) is 29.8 Å². The van der Waals surface area contributed by atoms with Crippen molar-refractivity contribution < 1.29 is 9.53 Å². The first-order valence-corrected chi connectivity index (χ1v) is 8.18. The Morgan fingerprint density at radius 2 is 1.85 bits per heavy atom. The van der Waals surface area contributed by atoms with Crippen LogP contribution >= 0.6 is 0 Å². The molecule has 0 aliphatic carbocycles. The minimum atomic E-state index is -0.333. The average molecular weight is 348 g/mol. The Labute approximate surface area is 152 Å². The zero-order valence-electron chi connectivity index (χ0n) is 14.9. The van der Waals surface area contributed by atoms with Crippen molar-refractivity contribution in [2.75, 3.05) is 17.7 Å². The second-order valence-electron chi connectivity index (χ2n) is 5.86. The van der Waals surface area contributed by atoms with Gasteiger partial charge in [0.2, 0.25) is 5.95 Å². The van der Waals surface area contributed by atoms with Crippen LogP contribution in [-0.4, -0.2) is 23.0 Å². The van der Waals surface area contributed by atoms with Gasteiger partial charge in [0.25, 0.3) is 5.91 Å². The molecule has 0 aliphatic rings. The van der Waals surface area contributed by atoms with Gasteiger partial charge in [-0.2, -0.15) is 0 Å². The van der Waals surface area contributed by atoms with E-state index in [1.54, 1.807) is 31.5 Å². The summed E-state index contributed by atoms with van der Waals surface area (Å²) in [7, 11) is 1.56. The Morgan fingerprint density at radius 1 is 1.04 bits per heavy atom. The highest BCUT2D eigenvalue weighted by molar-refractivity contribution is 6.03. The van der Waals surface area contributed by atoms with Gasteiger partial charge >= 0.3 is 0 Å². The molecule has 3 rings (SSSR count). The van der Waals surface area contributed by atoms with Crippen molar-refractivity contribution in [2.45, 2.75) is 13.8 Å². The summed E-state index contributed by atoms with van der Waals surface area (Å²) in [6, 6.07) is 14.8. The lowest BCUT2D eigenvalue weighted by molar-refractivity contribution is 0.102. The summed E-state index contributed by atoms with van der Waals surface area (Å²) in [6.07, 6.45) is 1.55. The quantitative estimate of drug-likeness (QED) is 0.726. The molecule has 1 heterocycles. The van der Waals surface area contributed by atoms with Crippen molar-refractivity contribution in [2.24, 2.45) is 0 Å². The van der Waals surface area contributed by atoms with Crippen molar-refractivity contribution >= 4 is 23.2 Å². The first-order chi connectivity index (χ1) is 12.6. The molecule has 26 heavy (non-hydrogen) atoms. The van der Waals surface area contributed by atoms with Crippen LogP contribution in [0.4, 0.5) is 17.3 Å². The lowest BCUT2D eigenvalue weighted by atomic mass is 10.1. The van der Waals surface area contributed by atoms with Crippen LogP contribution in [0.1, 0.15) is 21.6 Å². The van der Waals surface area contributed by atoms with E-state index in [9.17, 15) is 4.79 Å². The molecule has 0 unspecified atom stereocenters. The Hall–Kier alpha value is -3.41. The number of carbonyl (C=O) groups is 1. The number of nitrogens with zero attached hydrogens (tertiary/aromatic N) is 2. The molecule has 1 amide bonds. The van der Waals surface area contributed by atoms with Gasteiger partial charge in [0.1, 0.15) is 11.4 Å². The highest BCUT2D eigenvalue weighted by atomic mass is 16.5. The summed E-state index contributed by atoms with van der Waals surface area (Å²) in [5.41, 5.74) is 4.01. The number of para-hydroxylation sites is 2. The van der Waals surface area contributed by atoms with Gasteiger partial charge in [0, 0.05) is 11.9 Å². The molecule has 0 fully saturated rings. The minimum Gasteiger partial charge on any atom is -0.495 e. The Kier molecular flexibility index (Phi) is 5.12. The maximum Gasteiger partial charge on any atom is 0.274 e. The first-order valence-electron chi connectivity index (χ1n) is 8.18. The number of benzene rings is 2. The molecular formula is C20H20N4O2. The molecule has 1 aromatic heterocycles. The van der Waals surface area contributed by atoms with Crippen LogP contribution in [0.15, 0.2) is 54.7 Å². The number of carbonyl (C=O) groups excluding carboxylic acids is 1. The second-order valence-corrected chi connectivity index (χ2v) is 5.86. The fourth-order valence-electron chi connectivity index (χ4n) is 2.55. The molecule has 6 heteroatoms. The number of methoxy groups -OCH3 is 1. The van der Waals surface area contributed by atoms with Crippen LogP contribution in [0.5, 0.6) is 5.75 Å². The molecule has 132 valence electrons. The number of hydrogen-bond acceptors (Lipinski definition) is 5. The maximum atomic E-state index is 12.5. The van der Waals surface area contributed by atoms with E-state index in [0.29, 0.717) is 17.4 Å². The van der Waals surface area contributed by atoms with Crippen molar-refractivity contribution in [1.29, 1.82) is 0 Å². The summed E-state index contributed by atoms with van der Waals surface area (Å²) >= 11 is 0. The molecular weight excluding hydrogens is 328 g/mol. The molecule has 0 atom stereocenters. The van der Waals surface area contributed by atoms with Crippen LogP contribution in [0.3, 0.4) is 0 Å². The number of aryl methyl sites for hydroxylation is 2. The smallest absolute Gasteiger partial charge is 0.274 e. The predicted molar refractivity (Wildman–Crippen MR) is 102 cm³/mol. The second kappa shape index (κ2) is 7.65. The van der Waals surface area contributed by atoms with Gasteiger partial charge in [-0.3, -0.25) is 4.79 Å². The molecule has 0 saturated carbocycles. The summed E-state index contributed by atoms with van der Waals surface area (Å²) in [5.74, 6) is 0.619. The van der Waals surface area contributed by atoms with Crippen LogP contribution < -0.4 is 15.4 Å². The van der Waals surface area contributed by atoms with E-state index in [4.69, 9.17) is 4.74 Å². The van der Waals surface area contributed by atoms with Crippen molar-refractivity contribution in [3.05, 3.63) is 71.5 Å². The zero-order valence-corrected chi connectivity index (χ0v) is 14.9. The number of hydrogen-bond donors (Lipinski definition) is 2. The summed E-state index contributed by atoms with van der Waals surface area (Å²) in [6.45, 7) is 4.05. The number of nitrogens with one attached hydrogen (secondary N) is 2. The number of amides is 1. The van der Waals surface area contributed by atoms with Crippen molar-refractivity contribution in [3.63, 3.8) is 0 Å². The minimum absolute atomic E-state index is 0.262. The Morgan fingerprint density at radius 3 is 2.62 bits per heavy atom. The fourth-order valence-corrected chi connectivity index (χ4v) is 2.55. The summed E-state index contributed by atoms with van der Waals surface area (Å²) in [4.78, 5) is 21.0. The van der Waals surface area contributed by atoms with Gasteiger partial charge in [0.15, 0.2) is 0 Å². The van der Waals surface area contributed by atoms with E-state index >= 15 is 0 Å². The van der Waals surface area contributed by atoms with E-state index in [2.05, 4.69) is 26.7 Å². The molecule has 3 aromatic rings. The van der Waals surface area contributed by atoms with E-state index in [0.717, 1.165) is 11.3 Å². The molecule has 0 bridgehead atoms. The number of aromatic nitrogens is 2. The molecule has 0 saturated heterocycles. The third-order valence-electron chi connectivity index (χ3n) is 3.87. The Bertz CT molecular complexity index is 941. The normalized spacial score (nSPS) is 10.3. The van der Waals surface area contributed by atoms with Crippen LogP contribution in [0, 0.1) is 13.8 Å². The fraction of sp³-hybridized carbons (Fsp3) is 0.150. The standard InChI is InChI=1S/C20H20N4O2/c1-13-8-9-15(14(2)12-13)23-20-21-11-10-17(24-20)19(25)22-16-6-4-5-7-18(16)26-3/h4-12H,1-3H3,(H,22,25)(H,21,23,24). The molecule has 0 spiro atoms. The van der Waals surface area contributed by atoms with Crippen LogP contribution in [0.25, 0.3) is 0 Å². The van der Waals surface area contributed by atoms with Gasteiger partial charge in [-0.05, 0) is 43.7 Å². The zero-order chi connectivity index (χ0) is 18.5. The van der Waals surface area contributed by atoms with Gasteiger partial charge in [-0.15, -0.1) is 0 Å². The highest BCUT2D eigenvalue weighted by Crippen LogP contribution is 2.24. The SMILES string of the molecule is COc1ccccc1NC(=O)c1ccnc(Nc2ccc(C)cc2C)n1. The van der Waals surface area contributed by atoms with Crippen LogP contribution in [-0.2, 0) is 0 Å². The summed E-state index contributed by atoms with van der Waals surface area (Å²) < 4.78 is 5.25. The van der Waals surface area contributed by atoms with Gasteiger partial charge in [-0.25, -0.2) is 9.97 Å². The van der Waals surface area contributed by atoms with Gasteiger partial charge in [0.05, 0.1) is 12.8 Å². The third kappa shape index (κ3) is 3.97. The topological polar surface area (TPSA) is 76.1 Å². The summed E-state index contributed by atoms with van der Waals surface area (Å²) in [5, 5.41) is 5.96. The first kappa shape index (κ1) is 17.4. The highest BCUT2D eigenvalue weighted by Gasteiger charge is 2.12. The lowest BCUT2D eigenvalue weighted by Gasteiger charge is -2.11. The lowest BCUT2D eigenvalue weighted by Crippen LogP contribution is -2.15. The van der Waals surface area contributed by atoms with E-state index in [-0.39, 0.29) is 11.6 Å². The van der Waals surface area contributed by atoms with E-state index in [1.807, 2.05) is 38.1 Å². The largest absolute Gasteiger partial charge is 0.495 e. The van der Waals surface area contributed by atoms with Crippen molar-refractivity contribution in [3.8, 4) is 5.75 Å². The Balaban J connectivity index is 1.79. The molecule has 2 N–H and O–H groups in total. The average Bonchev–Trinajstić information content (AvgIpc) is 2.65. The number of anilines is 3. The van der Waals surface area contributed by atoms with E-state index < -0.39 is 0 Å². The van der Waals surface area contributed by atoms with E-state index in [1.165, 1.54) is 5.56 Å². The molecule has 0 aliphatic heterocycles. The van der Waals surface area contributed by atoms with Gasteiger partial charge < -0.3 is 15.4 Å². The predicted octanol–water partition coefficient (Wildman–Crippen LogP) is 4.10. The third-order valence-corrected chi connectivity index (χ3v) is 3.87. The molecule has 2 aromatic carbocycles. The number of rotatable bonds is 5. The monoisotopic (exact) mass is 348 g/mol. The number of ether oxygens (including phenoxy) is 1. The molecule has 6 nitrogen and oxygen atoms in total. The maximum absolute atomic E-state index is 12.5.